The van der Waals surface area contributed by atoms with Gasteiger partial charge >= 0.3 is 0 Å². The Kier molecular flexibility index (Phi) is 14.9. The minimum Gasteiger partial charge on any atom is -1.00 e. The Morgan fingerprint density at radius 1 is 0.973 bits per heavy atom. The quantitative estimate of drug-likeness (QED) is 0.170. The molecule has 0 unspecified atom stereocenters. The first-order chi connectivity index (χ1) is 17.5. The molecule has 0 spiro atoms. The Morgan fingerprint density at radius 2 is 1.68 bits per heavy atom. The maximum absolute atomic E-state index is 13.0. The fourth-order valence-electron chi connectivity index (χ4n) is 4.23. The second-order valence-corrected chi connectivity index (χ2v) is 11.0. The average Bonchev–Trinajstić information content (AvgIpc) is 3.28. The van der Waals surface area contributed by atoms with Gasteiger partial charge in [-0.3, -0.25) is 4.79 Å². The van der Waals surface area contributed by atoms with Gasteiger partial charge in [0, 0.05) is 22.2 Å². The molecule has 3 aromatic rings. The van der Waals surface area contributed by atoms with E-state index >= 15 is 0 Å². The third-order valence-electron chi connectivity index (χ3n) is 6.22. The predicted octanol–water partition coefficient (Wildman–Crippen LogP) is 5.60. The van der Waals surface area contributed by atoms with Crippen molar-refractivity contribution in [2.24, 2.45) is 0 Å². The van der Waals surface area contributed by atoms with Crippen molar-refractivity contribution in [2.75, 3.05) is 11.9 Å². The number of unbranched alkanes of at least 4 members (excludes halogenated alkanes) is 9. The first kappa shape index (κ1) is 31.3. The summed E-state index contributed by atoms with van der Waals surface area (Å²) in [5.74, 6) is 0.460. The lowest BCUT2D eigenvalue weighted by molar-refractivity contribution is -0.683. The van der Waals surface area contributed by atoms with E-state index in [0.717, 1.165) is 24.9 Å². The summed E-state index contributed by atoms with van der Waals surface area (Å²) < 4.78 is 8.17. The molecule has 2 aromatic carbocycles. The van der Waals surface area contributed by atoms with Crippen LogP contribution in [0.25, 0.3) is 0 Å². The molecule has 0 fully saturated rings. The molecule has 3 rings (SSSR count). The van der Waals surface area contributed by atoms with Gasteiger partial charge in [0.25, 0.3) is 5.91 Å². The van der Waals surface area contributed by atoms with Crippen molar-refractivity contribution in [1.29, 1.82) is 0 Å². The van der Waals surface area contributed by atoms with E-state index in [1.165, 1.54) is 56.2 Å². The van der Waals surface area contributed by atoms with E-state index in [4.69, 9.17) is 16.3 Å². The molecule has 37 heavy (non-hydrogen) atoms. The lowest BCUT2D eigenvalue weighted by Crippen LogP contribution is -3.00. The molecule has 1 heterocycles. The molecular formula is C30H40BrClN2O2S. The first-order valence-corrected chi connectivity index (χ1v) is 14.6. The molecule has 0 aliphatic carbocycles. The number of anilines is 1. The van der Waals surface area contributed by atoms with Crippen LogP contribution in [0.4, 0.5) is 5.69 Å². The molecular weight excluding hydrogens is 568 g/mol. The topological polar surface area (TPSA) is 42.2 Å². The largest absolute Gasteiger partial charge is 1.00 e. The van der Waals surface area contributed by atoms with Gasteiger partial charge in [-0.1, -0.05) is 99.8 Å². The molecule has 0 aliphatic rings. The maximum Gasteiger partial charge on any atom is 0.255 e. The van der Waals surface area contributed by atoms with E-state index in [2.05, 4.69) is 35.4 Å². The zero-order valence-corrected chi connectivity index (χ0v) is 25.3. The number of carbonyl (C=O) groups is 1. The number of carbonyl (C=O) groups excluding carboxylic acids is 1. The van der Waals surface area contributed by atoms with Gasteiger partial charge in [-0.25, -0.2) is 0 Å². The molecule has 0 aliphatic heterocycles. The molecule has 0 bridgehead atoms. The number of aryl methyl sites for hydroxylation is 1. The Morgan fingerprint density at radius 3 is 2.35 bits per heavy atom. The van der Waals surface area contributed by atoms with Crippen LogP contribution < -0.4 is 31.6 Å². The number of thiazole rings is 1. The highest BCUT2D eigenvalue weighted by atomic mass is 79.9. The molecule has 7 heteroatoms. The number of halogens is 2. The Balaban J connectivity index is 0.00000481. The number of amides is 1. The van der Waals surface area contributed by atoms with Gasteiger partial charge in [-0.15, -0.1) is 0 Å². The molecule has 0 saturated heterocycles. The molecule has 0 atom stereocenters. The smallest absolute Gasteiger partial charge is 0.255 e. The van der Waals surface area contributed by atoms with Crippen molar-refractivity contribution >= 4 is 34.5 Å². The van der Waals surface area contributed by atoms with Gasteiger partial charge in [0.2, 0.25) is 5.51 Å². The number of hydrogen-bond donors (Lipinski definition) is 1. The van der Waals surface area contributed by atoms with E-state index in [9.17, 15) is 4.79 Å². The molecule has 1 N–H and O–H groups in total. The van der Waals surface area contributed by atoms with Gasteiger partial charge in [0.05, 0.1) is 17.2 Å². The summed E-state index contributed by atoms with van der Waals surface area (Å²) in [6, 6.07) is 13.1. The van der Waals surface area contributed by atoms with Crippen LogP contribution in [-0.2, 0) is 6.54 Å². The zero-order chi connectivity index (χ0) is 25.6. The van der Waals surface area contributed by atoms with E-state index in [0.29, 0.717) is 28.6 Å². The normalized spacial score (nSPS) is 10.7. The van der Waals surface area contributed by atoms with E-state index in [1.807, 2.05) is 30.3 Å². The lowest BCUT2D eigenvalue weighted by Gasteiger charge is -2.13. The van der Waals surface area contributed by atoms with Crippen LogP contribution in [0.3, 0.4) is 0 Å². The number of benzene rings is 2. The predicted molar refractivity (Wildman–Crippen MR) is 152 cm³/mol. The van der Waals surface area contributed by atoms with Crippen LogP contribution in [0.2, 0.25) is 5.02 Å². The zero-order valence-electron chi connectivity index (χ0n) is 22.1. The summed E-state index contributed by atoms with van der Waals surface area (Å²) in [5.41, 5.74) is 4.44. The van der Waals surface area contributed by atoms with E-state index < -0.39 is 0 Å². The monoisotopic (exact) mass is 606 g/mol. The summed E-state index contributed by atoms with van der Waals surface area (Å²) in [6.45, 7) is 5.70. The summed E-state index contributed by atoms with van der Waals surface area (Å²) in [6.07, 6.45) is 14.9. The van der Waals surface area contributed by atoms with Crippen LogP contribution in [0.5, 0.6) is 5.75 Å². The fourth-order valence-corrected chi connectivity index (χ4v) is 5.03. The van der Waals surface area contributed by atoms with Crippen molar-refractivity contribution in [3.63, 3.8) is 0 Å². The Bertz CT molecular complexity index is 1090. The highest BCUT2D eigenvalue weighted by Crippen LogP contribution is 2.29. The Hall–Kier alpha value is -1.89. The lowest BCUT2D eigenvalue weighted by atomic mass is 10.1. The number of rotatable bonds is 16. The maximum atomic E-state index is 13.0. The van der Waals surface area contributed by atoms with Crippen LogP contribution in [0, 0.1) is 6.92 Å². The third-order valence-corrected chi connectivity index (χ3v) is 7.31. The third kappa shape index (κ3) is 11.6. The Labute approximate surface area is 242 Å². The van der Waals surface area contributed by atoms with Gasteiger partial charge in [-0.2, -0.15) is 4.57 Å². The van der Waals surface area contributed by atoms with Crippen molar-refractivity contribution < 1.29 is 31.1 Å². The van der Waals surface area contributed by atoms with E-state index in [-0.39, 0.29) is 22.9 Å². The van der Waals surface area contributed by atoms with Crippen LogP contribution in [0.1, 0.15) is 91.9 Å². The van der Waals surface area contributed by atoms with E-state index in [1.54, 1.807) is 23.5 Å². The number of nitrogens with zero attached hydrogens (tertiary/aromatic N) is 1. The molecule has 0 radical (unpaired) electrons. The average molecular weight is 608 g/mol. The standard InChI is InChI=1S/C30H39ClN2O2S.BrH/c1-3-4-5-6-7-8-9-10-11-12-18-35-29-20-27(31)16-17-28(29)32-30(34)26-15-13-14-25(19-26)22-33-21-24(2)36-23-33;/h13-17,19-21,23H,3-12,18,22H2,1-2H3;1H. The van der Waals surface area contributed by atoms with Gasteiger partial charge < -0.3 is 27.0 Å². The second kappa shape index (κ2) is 17.6. The highest BCUT2D eigenvalue weighted by Gasteiger charge is 2.13. The van der Waals surface area contributed by atoms with Gasteiger partial charge in [0.1, 0.15) is 5.75 Å². The summed E-state index contributed by atoms with van der Waals surface area (Å²) >= 11 is 7.93. The van der Waals surface area contributed by atoms with Crippen molar-refractivity contribution in [3.05, 3.63) is 75.2 Å². The van der Waals surface area contributed by atoms with Crippen molar-refractivity contribution in [1.82, 2.24) is 0 Å². The fraction of sp³-hybridized carbons (Fsp3) is 0.467. The minimum absolute atomic E-state index is 0. The van der Waals surface area contributed by atoms with Gasteiger partial charge in [0.15, 0.2) is 12.7 Å². The number of ether oxygens (including phenoxy) is 1. The van der Waals surface area contributed by atoms with Crippen LogP contribution in [-0.4, -0.2) is 12.5 Å². The minimum atomic E-state index is -0.158. The molecule has 202 valence electrons. The molecule has 4 nitrogen and oxygen atoms in total. The summed E-state index contributed by atoms with van der Waals surface area (Å²) in [5, 5.41) is 3.61. The first-order valence-electron chi connectivity index (χ1n) is 13.3. The van der Waals surface area contributed by atoms with Gasteiger partial charge in [-0.05, 0) is 37.6 Å². The molecule has 0 saturated carbocycles. The molecule has 1 amide bonds. The highest BCUT2D eigenvalue weighted by molar-refractivity contribution is 7.09. The number of aromatic nitrogens is 1. The number of hydrogen-bond acceptors (Lipinski definition) is 3. The second-order valence-electron chi connectivity index (χ2n) is 9.46. The summed E-state index contributed by atoms with van der Waals surface area (Å²) in [4.78, 5) is 14.3. The number of nitrogens with one attached hydrogen (secondary N) is 1. The van der Waals surface area contributed by atoms with Crippen LogP contribution in [0.15, 0.2) is 54.2 Å². The molecule has 1 aromatic heterocycles. The van der Waals surface area contributed by atoms with Crippen molar-refractivity contribution in [3.8, 4) is 5.75 Å². The summed E-state index contributed by atoms with van der Waals surface area (Å²) in [7, 11) is 0. The van der Waals surface area contributed by atoms with Crippen LogP contribution >= 0.6 is 22.9 Å². The van der Waals surface area contributed by atoms with Crippen molar-refractivity contribution in [2.45, 2.75) is 84.6 Å². The SMILES string of the molecule is CCCCCCCCCCCCOc1cc(Cl)ccc1NC(=O)c1cccc(C[n+]2csc(C)c2)c1.[Br-].